The van der Waals surface area contributed by atoms with Crippen molar-refractivity contribution in [2.45, 2.75) is 30.7 Å². The third-order valence-electron chi connectivity index (χ3n) is 3.15. The summed E-state index contributed by atoms with van der Waals surface area (Å²) >= 11 is 0. The highest BCUT2D eigenvalue weighted by Gasteiger charge is 2.26. The lowest BCUT2D eigenvalue weighted by Crippen LogP contribution is -2.43. The molecule has 0 heterocycles. The van der Waals surface area contributed by atoms with Crippen LogP contribution in [0.25, 0.3) is 0 Å². The molecule has 1 amide bonds. The fraction of sp³-hybridized carbons (Fsp3) is 0.417. The standard InChI is InChI=1S/C12H16N2O3S/c1-8-6-10(7-8)14-12(15)9-2-4-11(5-3-9)18(13,16)17/h2-5,8,10H,6-7H2,1H3,(H,14,15)(H2,13,16,17). The molecule has 0 saturated heterocycles. The third-order valence-corrected chi connectivity index (χ3v) is 4.08. The van der Waals surface area contributed by atoms with Crippen molar-refractivity contribution < 1.29 is 13.2 Å². The minimum Gasteiger partial charge on any atom is -0.349 e. The normalized spacial score (nSPS) is 23.2. The number of rotatable bonds is 3. The largest absolute Gasteiger partial charge is 0.349 e. The molecule has 1 saturated carbocycles. The first-order valence-corrected chi connectivity index (χ1v) is 7.34. The molecule has 0 aliphatic heterocycles. The Morgan fingerprint density at radius 3 is 2.28 bits per heavy atom. The van der Waals surface area contributed by atoms with Gasteiger partial charge in [-0.05, 0) is 43.0 Å². The number of amides is 1. The molecule has 98 valence electrons. The average Bonchev–Trinajstić information content (AvgIpc) is 2.26. The van der Waals surface area contributed by atoms with Gasteiger partial charge in [-0.15, -0.1) is 0 Å². The predicted molar refractivity (Wildman–Crippen MR) is 67.5 cm³/mol. The Balaban J connectivity index is 2.03. The zero-order chi connectivity index (χ0) is 13.3. The topological polar surface area (TPSA) is 89.3 Å². The van der Waals surface area contributed by atoms with Crippen LogP contribution in [-0.2, 0) is 10.0 Å². The number of carbonyl (C=O) groups excluding carboxylic acids is 1. The summed E-state index contributed by atoms with van der Waals surface area (Å²) in [6.45, 7) is 2.14. The van der Waals surface area contributed by atoms with Crippen LogP contribution in [0, 0.1) is 5.92 Å². The van der Waals surface area contributed by atoms with Crippen LogP contribution in [-0.4, -0.2) is 20.4 Å². The molecule has 0 atom stereocenters. The molecule has 1 aromatic carbocycles. The highest BCUT2D eigenvalue weighted by atomic mass is 32.2. The van der Waals surface area contributed by atoms with Crippen LogP contribution in [0.1, 0.15) is 30.1 Å². The zero-order valence-corrected chi connectivity index (χ0v) is 10.9. The molecule has 6 heteroatoms. The van der Waals surface area contributed by atoms with Gasteiger partial charge >= 0.3 is 0 Å². The van der Waals surface area contributed by atoms with Crippen LogP contribution in [0.5, 0.6) is 0 Å². The van der Waals surface area contributed by atoms with E-state index in [-0.39, 0.29) is 16.8 Å². The van der Waals surface area contributed by atoms with Crippen molar-refractivity contribution in [3.63, 3.8) is 0 Å². The lowest BCUT2D eigenvalue weighted by atomic mass is 9.82. The van der Waals surface area contributed by atoms with Gasteiger partial charge in [-0.1, -0.05) is 6.92 Å². The highest BCUT2D eigenvalue weighted by molar-refractivity contribution is 7.89. The first-order chi connectivity index (χ1) is 8.36. The highest BCUT2D eigenvalue weighted by Crippen LogP contribution is 2.26. The van der Waals surface area contributed by atoms with Crippen LogP contribution in [0.15, 0.2) is 29.2 Å². The molecule has 0 radical (unpaired) electrons. The Hall–Kier alpha value is -1.40. The number of benzene rings is 1. The Labute approximate surface area is 106 Å². The first kappa shape index (κ1) is 13.0. The molecule has 1 aliphatic rings. The van der Waals surface area contributed by atoms with Gasteiger partial charge in [0.05, 0.1) is 4.90 Å². The summed E-state index contributed by atoms with van der Waals surface area (Å²) in [5.41, 5.74) is 0.446. The van der Waals surface area contributed by atoms with Crippen LogP contribution in [0.4, 0.5) is 0 Å². The van der Waals surface area contributed by atoms with E-state index in [4.69, 9.17) is 5.14 Å². The molecule has 1 aromatic rings. The van der Waals surface area contributed by atoms with Gasteiger partial charge < -0.3 is 5.32 Å². The van der Waals surface area contributed by atoms with E-state index >= 15 is 0 Å². The third kappa shape index (κ3) is 2.88. The average molecular weight is 268 g/mol. The van der Waals surface area contributed by atoms with Gasteiger partial charge in [0.15, 0.2) is 0 Å². The second-order valence-corrected chi connectivity index (χ2v) is 6.38. The van der Waals surface area contributed by atoms with Crippen molar-refractivity contribution in [1.82, 2.24) is 5.32 Å². The van der Waals surface area contributed by atoms with Crippen molar-refractivity contribution in [2.24, 2.45) is 11.1 Å². The number of hydrogen-bond donors (Lipinski definition) is 2. The lowest BCUT2D eigenvalue weighted by molar-refractivity contribution is 0.0896. The van der Waals surface area contributed by atoms with Gasteiger partial charge in [-0.25, -0.2) is 13.6 Å². The van der Waals surface area contributed by atoms with Crippen LogP contribution < -0.4 is 10.5 Å². The second kappa shape index (κ2) is 4.70. The van der Waals surface area contributed by atoms with E-state index in [0.29, 0.717) is 11.5 Å². The van der Waals surface area contributed by atoms with E-state index in [0.717, 1.165) is 12.8 Å². The Morgan fingerprint density at radius 1 is 1.28 bits per heavy atom. The van der Waals surface area contributed by atoms with Gasteiger partial charge in [0, 0.05) is 11.6 Å². The van der Waals surface area contributed by atoms with E-state index in [2.05, 4.69) is 12.2 Å². The van der Waals surface area contributed by atoms with Crippen LogP contribution >= 0.6 is 0 Å². The Bertz CT molecular complexity index is 545. The predicted octanol–water partition coefficient (Wildman–Crippen LogP) is 0.862. The van der Waals surface area contributed by atoms with Crippen molar-refractivity contribution in [3.8, 4) is 0 Å². The summed E-state index contributed by atoms with van der Waals surface area (Å²) in [7, 11) is -3.70. The fourth-order valence-corrected chi connectivity index (χ4v) is 2.60. The van der Waals surface area contributed by atoms with E-state index in [1.165, 1.54) is 24.3 Å². The smallest absolute Gasteiger partial charge is 0.251 e. The molecule has 2 rings (SSSR count). The summed E-state index contributed by atoms with van der Waals surface area (Å²) < 4.78 is 22.1. The van der Waals surface area contributed by atoms with E-state index in [9.17, 15) is 13.2 Å². The van der Waals surface area contributed by atoms with Crippen LogP contribution in [0.3, 0.4) is 0 Å². The maximum absolute atomic E-state index is 11.8. The summed E-state index contributed by atoms with van der Waals surface area (Å²) in [6, 6.07) is 5.86. The van der Waals surface area contributed by atoms with Gasteiger partial charge in [0.25, 0.3) is 5.91 Å². The van der Waals surface area contributed by atoms with E-state index in [1.54, 1.807) is 0 Å². The van der Waals surface area contributed by atoms with Crippen molar-refractivity contribution >= 4 is 15.9 Å². The van der Waals surface area contributed by atoms with Crippen LogP contribution in [0.2, 0.25) is 0 Å². The van der Waals surface area contributed by atoms with E-state index < -0.39 is 10.0 Å². The summed E-state index contributed by atoms with van der Waals surface area (Å²) in [6.07, 6.45) is 2.00. The molecular weight excluding hydrogens is 252 g/mol. The molecule has 1 fully saturated rings. The molecule has 0 aromatic heterocycles. The monoisotopic (exact) mass is 268 g/mol. The SMILES string of the molecule is CC1CC(NC(=O)c2ccc(S(N)(=O)=O)cc2)C1. The quantitative estimate of drug-likeness (QED) is 0.852. The maximum atomic E-state index is 11.8. The molecule has 3 N–H and O–H groups in total. The maximum Gasteiger partial charge on any atom is 0.251 e. The number of nitrogens with one attached hydrogen (secondary N) is 1. The number of nitrogens with two attached hydrogens (primary N) is 1. The van der Waals surface area contributed by atoms with Crippen molar-refractivity contribution in [2.75, 3.05) is 0 Å². The number of carbonyl (C=O) groups is 1. The molecule has 0 spiro atoms. The summed E-state index contributed by atoms with van der Waals surface area (Å²) in [4.78, 5) is 11.8. The number of sulfonamides is 1. The number of hydrogen-bond acceptors (Lipinski definition) is 3. The molecule has 18 heavy (non-hydrogen) atoms. The Kier molecular flexibility index (Phi) is 3.41. The van der Waals surface area contributed by atoms with Crippen molar-refractivity contribution in [1.29, 1.82) is 0 Å². The molecule has 5 nitrogen and oxygen atoms in total. The van der Waals surface area contributed by atoms with E-state index in [1.807, 2.05) is 0 Å². The minimum atomic E-state index is -3.70. The zero-order valence-electron chi connectivity index (χ0n) is 10.1. The lowest BCUT2D eigenvalue weighted by Gasteiger charge is -2.33. The molecule has 0 unspecified atom stereocenters. The second-order valence-electron chi connectivity index (χ2n) is 4.82. The fourth-order valence-electron chi connectivity index (χ4n) is 2.08. The molecular formula is C12H16N2O3S. The molecule has 1 aliphatic carbocycles. The van der Waals surface area contributed by atoms with Gasteiger partial charge in [-0.2, -0.15) is 0 Å². The first-order valence-electron chi connectivity index (χ1n) is 5.80. The Morgan fingerprint density at radius 2 is 1.83 bits per heavy atom. The number of primary sulfonamides is 1. The summed E-state index contributed by atoms with van der Waals surface area (Å²) in [5.74, 6) is 0.493. The van der Waals surface area contributed by atoms with Gasteiger partial charge in [0.2, 0.25) is 10.0 Å². The van der Waals surface area contributed by atoms with Crippen molar-refractivity contribution in [3.05, 3.63) is 29.8 Å². The minimum absolute atomic E-state index is 0.0105. The summed E-state index contributed by atoms with van der Waals surface area (Å²) in [5, 5.41) is 7.88. The van der Waals surface area contributed by atoms with Gasteiger partial charge in [0.1, 0.15) is 0 Å². The van der Waals surface area contributed by atoms with Gasteiger partial charge in [-0.3, -0.25) is 4.79 Å². The molecule has 0 bridgehead atoms.